The summed E-state index contributed by atoms with van der Waals surface area (Å²) in [4.78, 5) is 16.3. The molecule has 2 aliphatic rings. The normalized spacial score (nSPS) is 33.5. The van der Waals surface area contributed by atoms with Gasteiger partial charge < -0.3 is 14.8 Å². The number of hydrogen-bond donors (Lipinski definition) is 1. The van der Waals surface area contributed by atoms with Crippen LogP contribution in [-0.4, -0.2) is 30.3 Å². The van der Waals surface area contributed by atoms with Gasteiger partial charge in [0, 0.05) is 29.8 Å². The summed E-state index contributed by atoms with van der Waals surface area (Å²) < 4.78 is 12.0. The van der Waals surface area contributed by atoms with Crippen molar-refractivity contribution in [1.29, 1.82) is 0 Å². The van der Waals surface area contributed by atoms with Crippen molar-refractivity contribution >= 4 is 6.09 Å². The summed E-state index contributed by atoms with van der Waals surface area (Å²) in [5.74, 6) is 0.893. The number of hydrogen-bond acceptors (Lipinski definition) is 4. The van der Waals surface area contributed by atoms with E-state index in [9.17, 15) is 4.79 Å². The van der Waals surface area contributed by atoms with Crippen molar-refractivity contribution in [2.45, 2.75) is 46.8 Å². The topological polar surface area (TPSA) is 60.5 Å². The van der Waals surface area contributed by atoms with Crippen LogP contribution in [0.3, 0.4) is 0 Å². The SMILES string of the molecule is CC1=CC(C)[C@]2(COC(=O)NC(C)C)COC(c3cccnc3)C1[C@@H]2C. The van der Waals surface area contributed by atoms with Gasteiger partial charge in [-0.15, -0.1) is 0 Å². The second-order valence-corrected chi connectivity index (χ2v) is 8.14. The standard InChI is InChI=1S/C21H30N2O3/c1-13(2)23-20(24)26-12-21-11-25-19(17-7-6-8-22-10-17)18(16(21)5)14(3)9-15(21)4/h6-10,13,15-16,18-19H,11-12H2,1-5H3,(H,23,24)/t15?,16-,18?,19?,21+/m0/s1. The number of allylic oxidation sites excluding steroid dienone is 1. The first-order valence-corrected chi connectivity index (χ1v) is 9.48. The number of alkyl carbamates (subject to hydrolysis) is 1. The van der Waals surface area contributed by atoms with Gasteiger partial charge in [-0.2, -0.15) is 0 Å². The zero-order valence-electron chi connectivity index (χ0n) is 16.4. The van der Waals surface area contributed by atoms with Gasteiger partial charge in [0.05, 0.1) is 12.7 Å². The Morgan fingerprint density at radius 3 is 2.88 bits per heavy atom. The van der Waals surface area contributed by atoms with Crippen molar-refractivity contribution < 1.29 is 14.3 Å². The van der Waals surface area contributed by atoms with Gasteiger partial charge in [-0.05, 0) is 44.2 Å². The molecule has 3 unspecified atom stereocenters. The molecule has 1 N–H and O–H groups in total. The molecule has 5 heteroatoms. The van der Waals surface area contributed by atoms with Crippen LogP contribution in [0.2, 0.25) is 0 Å². The van der Waals surface area contributed by atoms with Crippen LogP contribution in [0, 0.1) is 23.2 Å². The number of fused-ring (bicyclic) bond motifs is 2. The monoisotopic (exact) mass is 358 g/mol. The zero-order chi connectivity index (χ0) is 18.9. The summed E-state index contributed by atoms with van der Waals surface area (Å²) >= 11 is 0. The van der Waals surface area contributed by atoms with Gasteiger partial charge >= 0.3 is 6.09 Å². The molecule has 1 aromatic rings. The van der Waals surface area contributed by atoms with Gasteiger partial charge in [0.25, 0.3) is 0 Å². The van der Waals surface area contributed by atoms with Gasteiger partial charge in [-0.3, -0.25) is 4.98 Å². The molecule has 0 spiro atoms. The summed E-state index contributed by atoms with van der Waals surface area (Å²) in [6.45, 7) is 11.5. The molecule has 1 aliphatic heterocycles. The minimum absolute atomic E-state index is 0.0000607. The molecule has 5 nitrogen and oxygen atoms in total. The van der Waals surface area contributed by atoms with Crippen LogP contribution >= 0.6 is 0 Å². The number of ether oxygens (including phenoxy) is 2. The van der Waals surface area contributed by atoms with Crippen LogP contribution in [0.4, 0.5) is 4.79 Å². The predicted octanol–water partition coefficient (Wildman–Crippen LogP) is 4.12. The second-order valence-electron chi connectivity index (χ2n) is 8.14. The van der Waals surface area contributed by atoms with Crippen molar-refractivity contribution in [1.82, 2.24) is 10.3 Å². The lowest BCUT2D eigenvalue weighted by Crippen LogP contribution is -2.55. The predicted molar refractivity (Wildman–Crippen MR) is 101 cm³/mol. The van der Waals surface area contributed by atoms with E-state index in [-0.39, 0.29) is 35.5 Å². The number of aromatic nitrogens is 1. The van der Waals surface area contributed by atoms with Crippen LogP contribution in [0.1, 0.15) is 46.3 Å². The quantitative estimate of drug-likeness (QED) is 0.823. The van der Waals surface area contributed by atoms with Crippen LogP contribution in [0.15, 0.2) is 36.2 Å². The van der Waals surface area contributed by atoms with Crippen LogP contribution in [-0.2, 0) is 9.47 Å². The van der Waals surface area contributed by atoms with Crippen molar-refractivity contribution in [3.05, 3.63) is 41.7 Å². The molecule has 26 heavy (non-hydrogen) atoms. The molecule has 142 valence electrons. The molecule has 1 fully saturated rings. The highest BCUT2D eigenvalue weighted by Gasteiger charge is 2.54. The van der Waals surface area contributed by atoms with Crippen molar-refractivity contribution in [2.75, 3.05) is 13.2 Å². The lowest BCUT2D eigenvalue weighted by molar-refractivity contribution is -0.165. The molecule has 2 heterocycles. The largest absolute Gasteiger partial charge is 0.449 e. The molecule has 1 saturated heterocycles. The van der Waals surface area contributed by atoms with E-state index in [1.54, 1.807) is 6.20 Å². The maximum absolute atomic E-state index is 12.0. The summed E-state index contributed by atoms with van der Waals surface area (Å²) in [5.41, 5.74) is 2.26. The average molecular weight is 358 g/mol. The number of nitrogens with one attached hydrogen (secondary N) is 1. The summed E-state index contributed by atoms with van der Waals surface area (Å²) in [6.07, 6.45) is 5.65. The van der Waals surface area contributed by atoms with Gasteiger partial charge in [0.2, 0.25) is 0 Å². The number of carbonyl (C=O) groups excluding carboxylic acids is 1. The molecular weight excluding hydrogens is 328 g/mol. The molecule has 0 aromatic carbocycles. The molecular formula is C21H30N2O3. The molecule has 0 radical (unpaired) electrons. The number of carbonyl (C=O) groups is 1. The first-order chi connectivity index (χ1) is 12.3. The summed E-state index contributed by atoms with van der Waals surface area (Å²) in [7, 11) is 0. The highest BCUT2D eigenvalue weighted by Crippen LogP contribution is 2.56. The Bertz CT molecular complexity index is 673. The van der Waals surface area contributed by atoms with Crippen molar-refractivity contribution in [3.8, 4) is 0 Å². The van der Waals surface area contributed by atoms with Gasteiger partial charge in [-0.1, -0.05) is 31.6 Å². The van der Waals surface area contributed by atoms with Crippen LogP contribution in [0.25, 0.3) is 0 Å². The second kappa shape index (κ2) is 7.39. The zero-order valence-corrected chi connectivity index (χ0v) is 16.4. The van der Waals surface area contributed by atoms with E-state index in [0.717, 1.165) is 5.56 Å². The third-order valence-electron chi connectivity index (χ3n) is 6.14. The fourth-order valence-corrected chi connectivity index (χ4v) is 4.58. The Morgan fingerprint density at radius 1 is 1.46 bits per heavy atom. The Labute approximate surface area is 156 Å². The Hall–Kier alpha value is -1.88. The van der Waals surface area contributed by atoms with Gasteiger partial charge in [0.15, 0.2) is 0 Å². The fraction of sp³-hybridized carbons (Fsp3) is 0.619. The molecule has 1 aliphatic carbocycles. The maximum Gasteiger partial charge on any atom is 0.407 e. The van der Waals surface area contributed by atoms with E-state index < -0.39 is 0 Å². The maximum atomic E-state index is 12.0. The van der Waals surface area contributed by atoms with Crippen molar-refractivity contribution in [2.24, 2.45) is 23.2 Å². The van der Waals surface area contributed by atoms with Crippen LogP contribution < -0.4 is 5.32 Å². The number of rotatable bonds is 4. The number of nitrogens with zero attached hydrogens (tertiary/aromatic N) is 1. The Morgan fingerprint density at radius 2 is 2.23 bits per heavy atom. The summed E-state index contributed by atoms with van der Waals surface area (Å²) in [6, 6.07) is 4.10. The first kappa shape index (κ1) is 18.9. The number of amides is 1. The fourth-order valence-electron chi connectivity index (χ4n) is 4.58. The summed E-state index contributed by atoms with van der Waals surface area (Å²) in [5, 5.41) is 2.80. The minimum Gasteiger partial charge on any atom is -0.449 e. The highest BCUT2D eigenvalue weighted by molar-refractivity contribution is 5.67. The average Bonchev–Trinajstić information content (AvgIpc) is 2.59. The first-order valence-electron chi connectivity index (χ1n) is 9.48. The number of pyridine rings is 1. The van der Waals surface area contributed by atoms with Gasteiger partial charge in [-0.25, -0.2) is 4.79 Å². The van der Waals surface area contributed by atoms with E-state index >= 15 is 0 Å². The van der Waals surface area contributed by atoms with E-state index in [4.69, 9.17) is 9.47 Å². The minimum atomic E-state index is -0.356. The molecule has 3 rings (SSSR count). The molecule has 2 bridgehead atoms. The lowest BCUT2D eigenvalue weighted by Gasteiger charge is -2.55. The molecule has 5 atom stereocenters. The smallest absolute Gasteiger partial charge is 0.407 e. The third kappa shape index (κ3) is 3.37. The van der Waals surface area contributed by atoms with Gasteiger partial charge in [0.1, 0.15) is 6.61 Å². The highest BCUT2D eigenvalue weighted by atomic mass is 16.6. The Kier molecular flexibility index (Phi) is 5.37. The Balaban J connectivity index is 1.84. The molecule has 0 saturated carbocycles. The van der Waals surface area contributed by atoms with E-state index in [0.29, 0.717) is 19.1 Å². The molecule has 1 aromatic heterocycles. The van der Waals surface area contributed by atoms with Crippen LogP contribution in [0.5, 0.6) is 0 Å². The van der Waals surface area contributed by atoms with E-state index in [1.807, 2.05) is 26.1 Å². The lowest BCUT2D eigenvalue weighted by atomic mass is 9.56. The van der Waals surface area contributed by atoms with Crippen molar-refractivity contribution in [3.63, 3.8) is 0 Å². The molecule has 1 amide bonds. The van der Waals surface area contributed by atoms with E-state index in [1.165, 1.54) is 5.57 Å². The third-order valence-corrected chi connectivity index (χ3v) is 6.14. The van der Waals surface area contributed by atoms with E-state index in [2.05, 4.69) is 43.2 Å².